The van der Waals surface area contributed by atoms with E-state index in [1.54, 1.807) is 0 Å². The summed E-state index contributed by atoms with van der Waals surface area (Å²) in [5, 5.41) is 3.55. The Bertz CT molecular complexity index is 752. The van der Waals surface area contributed by atoms with Crippen LogP contribution in [-0.4, -0.2) is 19.1 Å². The predicted octanol–water partition coefficient (Wildman–Crippen LogP) is 4.19. The molecule has 0 aromatic heterocycles. The summed E-state index contributed by atoms with van der Waals surface area (Å²) < 4.78 is 5.31. The van der Waals surface area contributed by atoms with E-state index in [1.807, 2.05) is 30.3 Å². The highest BCUT2D eigenvalue weighted by atomic mass is 35.5. The van der Waals surface area contributed by atoms with Gasteiger partial charge in [0.25, 0.3) is 5.91 Å². The van der Waals surface area contributed by atoms with Gasteiger partial charge in [-0.25, -0.2) is 0 Å². The van der Waals surface area contributed by atoms with Gasteiger partial charge < -0.3 is 10.1 Å². The van der Waals surface area contributed by atoms with Crippen molar-refractivity contribution in [1.29, 1.82) is 0 Å². The fourth-order valence-corrected chi connectivity index (χ4v) is 2.21. The van der Waals surface area contributed by atoms with Gasteiger partial charge in [-0.05, 0) is 18.2 Å². The summed E-state index contributed by atoms with van der Waals surface area (Å²) in [5.41, 5.74) is 0.889. The minimum atomic E-state index is -0.311. The van der Waals surface area contributed by atoms with E-state index in [0.717, 1.165) is 5.56 Å². The molecule has 1 amide bonds. The molecule has 1 N–H and O–H groups in total. The number of nitrogens with one attached hydrogen (secondary N) is 1. The third-order valence-electron chi connectivity index (χ3n) is 2.71. The second-order valence-corrected chi connectivity index (χ2v) is 5.65. The summed E-state index contributed by atoms with van der Waals surface area (Å²) in [7, 11) is 0. The molecule has 0 bridgehead atoms. The number of hydrogen-bond acceptors (Lipinski definition) is 2. The summed E-state index contributed by atoms with van der Waals surface area (Å²) in [6.07, 6.45) is 0. The van der Waals surface area contributed by atoms with Gasteiger partial charge in [-0.2, -0.15) is 0 Å². The van der Waals surface area contributed by atoms with E-state index in [0.29, 0.717) is 15.8 Å². The molecule has 118 valence electrons. The van der Waals surface area contributed by atoms with Gasteiger partial charge in [0, 0.05) is 11.6 Å². The van der Waals surface area contributed by atoms with Crippen LogP contribution in [0.3, 0.4) is 0 Å². The lowest BCUT2D eigenvalue weighted by molar-refractivity contribution is -0.122. The average molecular weight is 369 g/mol. The molecule has 0 saturated heterocycles. The normalized spacial score (nSPS) is 9.70. The van der Waals surface area contributed by atoms with Crippen LogP contribution in [-0.2, 0) is 4.79 Å². The van der Waals surface area contributed by atoms with Gasteiger partial charge in [-0.15, -0.1) is 0 Å². The first-order valence-corrected chi connectivity index (χ1v) is 7.77. The molecule has 2 aromatic carbocycles. The number of hydrogen-bond donors (Lipinski definition) is 1. The maximum Gasteiger partial charge on any atom is 0.258 e. The van der Waals surface area contributed by atoms with Gasteiger partial charge >= 0.3 is 0 Å². The first-order valence-electron chi connectivity index (χ1n) is 6.64. The Morgan fingerprint density at radius 2 is 1.74 bits per heavy atom. The van der Waals surface area contributed by atoms with Crippen molar-refractivity contribution in [3.8, 4) is 17.6 Å². The van der Waals surface area contributed by atoms with Crippen molar-refractivity contribution in [2.75, 3.05) is 13.2 Å². The number of benzene rings is 2. The molecule has 0 radical (unpaired) electrons. The van der Waals surface area contributed by atoms with Crippen LogP contribution in [0.5, 0.6) is 5.75 Å². The predicted molar refractivity (Wildman–Crippen MR) is 93.3 cm³/mol. The van der Waals surface area contributed by atoms with E-state index in [9.17, 15) is 4.79 Å². The first kappa shape index (κ1) is 17.5. The van der Waals surface area contributed by atoms with Crippen LogP contribution >= 0.6 is 34.8 Å². The van der Waals surface area contributed by atoms with Gasteiger partial charge in [-0.3, -0.25) is 4.79 Å². The molecule has 0 aliphatic carbocycles. The molecule has 3 nitrogen and oxygen atoms in total. The monoisotopic (exact) mass is 367 g/mol. The van der Waals surface area contributed by atoms with Crippen LogP contribution < -0.4 is 10.1 Å². The summed E-state index contributed by atoms with van der Waals surface area (Å²) in [4.78, 5) is 11.7. The number of carbonyl (C=O) groups excluding carboxylic acids is 1. The van der Waals surface area contributed by atoms with Crippen LogP contribution in [0.25, 0.3) is 0 Å². The zero-order valence-electron chi connectivity index (χ0n) is 11.9. The van der Waals surface area contributed by atoms with Crippen molar-refractivity contribution in [3.05, 3.63) is 63.1 Å². The summed E-state index contributed by atoms with van der Waals surface area (Å²) in [6, 6.07) is 12.4. The molecule has 0 saturated carbocycles. The minimum Gasteiger partial charge on any atom is -0.482 e. The molecular formula is C17H12Cl3NO2. The second-order valence-electron chi connectivity index (χ2n) is 4.43. The van der Waals surface area contributed by atoms with Gasteiger partial charge in [0.05, 0.1) is 21.6 Å². The van der Waals surface area contributed by atoms with Gasteiger partial charge in [-0.1, -0.05) is 64.8 Å². The van der Waals surface area contributed by atoms with Crippen LogP contribution in [0.4, 0.5) is 0 Å². The van der Waals surface area contributed by atoms with Crippen molar-refractivity contribution >= 4 is 40.7 Å². The van der Waals surface area contributed by atoms with Gasteiger partial charge in [0.15, 0.2) is 6.61 Å². The lowest BCUT2D eigenvalue weighted by Gasteiger charge is -2.08. The Hall–Kier alpha value is -1.86. The fraction of sp³-hybridized carbons (Fsp3) is 0.118. The Kier molecular flexibility index (Phi) is 6.61. The standard InChI is InChI=1S/C17H12Cl3NO2/c18-13-9-15(20)16(10-14(13)19)23-11-17(22)21-8-4-7-12-5-2-1-3-6-12/h1-3,5-6,9-10H,8,11H2,(H,21,22). The molecule has 0 fully saturated rings. The molecule has 0 heterocycles. The third-order valence-corrected chi connectivity index (χ3v) is 3.73. The van der Waals surface area contributed by atoms with E-state index < -0.39 is 0 Å². The zero-order chi connectivity index (χ0) is 16.7. The topological polar surface area (TPSA) is 38.3 Å². The van der Waals surface area contributed by atoms with Crippen molar-refractivity contribution < 1.29 is 9.53 Å². The number of ether oxygens (including phenoxy) is 1. The van der Waals surface area contributed by atoms with Crippen LogP contribution in [0.2, 0.25) is 15.1 Å². The Morgan fingerprint density at radius 1 is 1.04 bits per heavy atom. The zero-order valence-corrected chi connectivity index (χ0v) is 14.2. The second kappa shape index (κ2) is 8.69. The number of rotatable bonds is 4. The number of carbonyl (C=O) groups is 1. The minimum absolute atomic E-state index is 0.190. The molecule has 0 atom stereocenters. The Balaban J connectivity index is 1.80. The molecule has 0 aliphatic heterocycles. The van der Waals surface area contributed by atoms with Crippen LogP contribution in [0.15, 0.2) is 42.5 Å². The molecule has 23 heavy (non-hydrogen) atoms. The highest BCUT2D eigenvalue weighted by Gasteiger charge is 2.09. The first-order chi connectivity index (χ1) is 11.1. The van der Waals surface area contributed by atoms with Crippen LogP contribution in [0, 0.1) is 11.8 Å². The van der Waals surface area contributed by atoms with Crippen molar-refractivity contribution in [2.45, 2.75) is 0 Å². The SMILES string of the molecule is O=C(COc1cc(Cl)c(Cl)cc1Cl)NCC#Cc1ccccc1. The van der Waals surface area contributed by atoms with E-state index in [2.05, 4.69) is 17.2 Å². The van der Waals surface area contributed by atoms with Crippen molar-refractivity contribution in [1.82, 2.24) is 5.32 Å². The largest absolute Gasteiger partial charge is 0.482 e. The number of amides is 1. The fourth-order valence-electron chi connectivity index (χ4n) is 1.62. The third kappa shape index (κ3) is 5.69. The smallest absolute Gasteiger partial charge is 0.258 e. The number of halogens is 3. The summed E-state index contributed by atoms with van der Waals surface area (Å²) >= 11 is 17.6. The molecule has 0 unspecified atom stereocenters. The van der Waals surface area contributed by atoms with Crippen LogP contribution in [0.1, 0.15) is 5.56 Å². The Labute approximate surface area is 149 Å². The van der Waals surface area contributed by atoms with Gasteiger partial charge in [0.1, 0.15) is 5.75 Å². The van der Waals surface area contributed by atoms with E-state index in [-0.39, 0.29) is 24.1 Å². The Morgan fingerprint density at radius 3 is 2.48 bits per heavy atom. The highest BCUT2D eigenvalue weighted by molar-refractivity contribution is 6.43. The lowest BCUT2D eigenvalue weighted by atomic mass is 10.2. The molecule has 2 aromatic rings. The molecule has 0 spiro atoms. The lowest BCUT2D eigenvalue weighted by Crippen LogP contribution is -2.29. The maximum absolute atomic E-state index is 11.7. The quantitative estimate of drug-likeness (QED) is 0.649. The molecular weight excluding hydrogens is 357 g/mol. The maximum atomic E-state index is 11.7. The van der Waals surface area contributed by atoms with E-state index in [1.165, 1.54) is 12.1 Å². The average Bonchev–Trinajstić information content (AvgIpc) is 2.55. The van der Waals surface area contributed by atoms with Crippen molar-refractivity contribution in [3.63, 3.8) is 0 Å². The van der Waals surface area contributed by atoms with E-state index in [4.69, 9.17) is 39.5 Å². The van der Waals surface area contributed by atoms with Crippen molar-refractivity contribution in [2.24, 2.45) is 0 Å². The summed E-state index contributed by atoms with van der Waals surface area (Å²) in [5.74, 6) is 5.78. The molecule has 2 rings (SSSR count). The molecule has 6 heteroatoms. The highest BCUT2D eigenvalue weighted by Crippen LogP contribution is 2.33. The molecule has 0 aliphatic rings. The summed E-state index contributed by atoms with van der Waals surface area (Å²) in [6.45, 7) is 0.0386. The van der Waals surface area contributed by atoms with Gasteiger partial charge in [0.2, 0.25) is 0 Å². The van der Waals surface area contributed by atoms with E-state index >= 15 is 0 Å².